The number of para-hydroxylation sites is 2. The van der Waals surface area contributed by atoms with E-state index in [2.05, 4.69) is 26.1 Å². The normalized spacial score (nSPS) is 15.7. The summed E-state index contributed by atoms with van der Waals surface area (Å²) in [6, 6.07) is 12.5. The highest BCUT2D eigenvalue weighted by atomic mass is 35.5. The Morgan fingerprint density at radius 3 is 2.48 bits per heavy atom. The van der Waals surface area contributed by atoms with Crippen molar-refractivity contribution in [3.63, 3.8) is 0 Å². The Kier molecular flexibility index (Phi) is 6.64. The fourth-order valence-electron chi connectivity index (χ4n) is 4.36. The summed E-state index contributed by atoms with van der Waals surface area (Å²) in [5.41, 5.74) is 3.53. The second kappa shape index (κ2) is 9.32. The second-order valence-corrected chi connectivity index (χ2v) is 10.3. The minimum atomic E-state index is -0.528. The van der Waals surface area contributed by atoms with Gasteiger partial charge in [0.25, 0.3) is 5.91 Å². The van der Waals surface area contributed by atoms with Crippen LogP contribution in [0, 0.1) is 11.3 Å². The Bertz CT molecular complexity index is 1210. The molecule has 0 fully saturated rings. The number of aromatic nitrogens is 1. The van der Waals surface area contributed by atoms with Gasteiger partial charge in [-0.1, -0.05) is 68.2 Å². The van der Waals surface area contributed by atoms with Crippen LogP contribution < -0.4 is 5.32 Å². The van der Waals surface area contributed by atoms with E-state index in [1.807, 2.05) is 24.3 Å². The van der Waals surface area contributed by atoms with Crippen LogP contribution in [0.15, 0.2) is 42.5 Å². The summed E-state index contributed by atoms with van der Waals surface area (Å²) in [7, 11) is 0. The molecule has 33 heavy (non-hydrogen) atoms. The zero-order chi connectivity index (χ0) is 23.8. The molecule has 0 aliphatic heterocycles. The molecule has 0 saturated heterocycles. The first-order valence-corrected chi connectivity index (χ1v) is 11.7. The van der Waals surface area contributed by atoms with Crippen LogP contribution in [-0.2, 0) is 22.4 Å². The number of nitrogens with zero attached hydrogens (tertiary/aromatic N) is 1. The molecule has 3 aromatic rings. The van der Waals surface area contributed by atoms with Crippen LogP contribution in [0.3, 0.4) is 0 Å². The predicted molar refractivity (Wildman–Crippen MR) is 132 cm³/mol. The van der Waals surface area contributed by atoms with Gasteiger partial charge in [-0.15, -0.1) is 0 Å². The number of nitrogens with one attached hydrogen (secondary N) is 1. The number of pyridine rings is 1. The van der Waals surface area contributed by atoms with E-state index in [4.69, 9.17) is 32.9 Å². The molecule has 1 atom stereocenters. The molecule has 1 aliphatic carbocycles. The van der Waals surface area contributed by atoms with Gasteiger partial charge < -0.3 is 10.1 Å². The summed E-state index contributed by atoms with van der Waals surface area (Å²) in [6.07, 6.45) is 2.59. The average Bonchev–Trinajstić information content (AvgIpc) is 2.77. The topological polar surface area (TPSA) is 68.3 Å². The van der Waals surface area contributed by atoms with E-state index in [1.165, 1.54) is 0 Å². The Labute approximate surface area is 203 Å². The Morgan fingerprint density at radius 1 is 1.09 bits per heavy atom. The van der Waals surface area contributed by atoms with E-state index in [9.17, 15) is 9.59 Å². The number of benzene rings is 2. The van der Waals surface area contributed by atoms with Gasteiger partial charge >= 0.3 is 5.97 Å². The highest BCUT2D eigenvalue weighted by molar-refractivity contribution is 6.39. The lowest BCUT2D eigenvalue weighted by atomic mass is 9.70. The van der Waals surface area contributed by atoms with E-state index >= 15 is 0 Å². The van der Waals surface area contributed by atoms with E-state index in [0.29, 0.717) is 27.2 Å². The van der Waals surface area contributed by atoms with Gasteiger partial charge in [0.2, 0.25) is 0 Å². The number of hydrogen-bond acceptors (Lipinski definition) is 4. The van der Waals surface area contributed by atoms with Crippen molar-refractivity contribution < 1.29 is 14.3 Å². The fourth-order valence-corrected chi connectivity index (χ4v) is 4.85. The van der Waals surface area contributed by atoms with Crippen LogP contribution >= 0.6 is 23.2 Å². The van der Waals surface area contributed by atoms with Crippen LogP contribution in [0.1, 0.15) is 48.8 Å². The van der Waals surface area contributed by atoms with E-state index < -0.39 is 18.5 Å². The third-order valence-corrected chi connectivity index (χ3v) is 6.88. The SMILES string of the molecule is CC(C)(C)C1CCc2nc3ccccc3c(C(=O)OCC(=O)Nc3c(Cl)cccc3Cl)c2C1. The van der Waals surface area contributed by atoms with Crippen LogP contribution in [-0.4, -0.2) is 23.5 Å². The Balaban J connectivity index is 1.61. The minimum absolute atomic E-state index is 0.110. The molecule has 1 amide bonds. The maximum atomic E-state index is 13.3. The van der Waals surface area contributed by atoms with Crippen LogP contribution in [0.5, 0.6) is 0 Å². The van der Waals surface area contributed by atoms with Crippen molar-refractivity contribution in [3.05, 3.63) is 69.3 Å². The number of amides is 1. The maximum Gasteiger partial charge on any atom is 0.339 e. The molecule has 0 radical (unpaired) electrons. The first-order chi connectivity index (χ1) is 15.6. The molecule has 1 aliphatic rings. The number of esters is 1. The first kappa shape index (κ1) is 23.5. The summed E-state index contributed by atoms with van der Waals surface area (Å²) >= 11 is 12.2. The molecule has 1 N–H and O–H groups in total. The number of carbonyl (C=O) groups is 2. The monoisotopic (exact) mass is 484 g/mol. The molecule has 1 heterocycles. The molecule has 2 aromatic carbocycles. The number of carbonyl (C=O) groups excluding carboxylic acids is 2. The van der Waals surface area contributed by atoms with Gasteiger partial charge in [0, 0.05) is 11.1 Å². The lowest BCUT2D eigenvalue weighted by Crippen LogP contribution is -2.29. The van der Waals surface area contributed by atoms with Crippen molar-refractivity contribution in [2.75, 3.05) is 11.9 Å². The lowest BCUT2D eigenvalue weighted by Gasteiger charge is -2.35. The highest BCUT2D eigenvalue weighted by Gasteiger charge is 2.33. The number of fused-ring (bicyclic) bond motifs is 2. The van der Waals surface area contributed by atoms with E-state index in [0.717, 1.165) is 41.4 Å². The fraction of sp³-hybridized carbons (Fsp3) is 0.346. The molecule has 5 nitrogen and oxygen atoms in total. The number of rotatable bonds is 4. The molecule has 0 bridgehead atoms. The summed E-state index contributed by atoms with van der Waals surface area (Å²) in [4.78, 5) is 30.6. The summed E-state index contributed by atoms with van der Waals surface area (Å²) in [6.45, 7) is 6.21. The van der Waals surface area contributed by atoms with Crippen LogP contribution in [0.2, 0.25) is 10.0 Å². The third kappa shape index (κ3) is 4.99. The molecule has 1 aromatic heterocycles. The van der Waals surface area contributed by atoms with Crippen molar-refractivity contribution in [3.8, 4) is 0 Å². The zero-order valence-corrected chi connectivity index (χ0v) is 20.4. The number of hydrogen-bond donors (Lipinski definition) is 1. The average molecular weight is 485 g/mol. The van der Waals surface area contributed by atoms with Gasteiger partial charge in [0.05, 0.1) is 26.8 Å². The van der Waals surface area contributed by atoms with Crippen molar-refractivity contribution in [2.45, 2.75) is 40.0 Å². The number of halogens is 2. The molecule has 1 unspecified atom stereocenters. The molecule has 4 rings (SSSR count). The highest BCUT2D eigenvalue weighted by Crippen LogP contribution is 2.39. The molecule has 0 saturated carbocycles. The van der Waals surface area contributed by atoms with Crippen LogP contribution in [0.25, 0.3) is 10.9 Å². The molecule has 7 heteroatoms. The van der Waals surface area contributed by atoms with Crippen molar-refractivity contribution in [1.29, 1.82) is 0 Å². The predicted octanol–water partition coefficient (Wildman–Crippen LogP) is 6.49. The number of anilines is 1. The third-order valence-electron chi connectivity index (χ3n) is 6.25. The molecule has 0 spiro atoms. The summed E-state index contributed by atoms with van der Waals surface area (Å²) in [5, 5.41) is 3.98. The zero-order valence-electron chi connectivity index (χ0n) is 18.9. The van der Waals surface area contributed by atoms with Gasteiger partial charge in [-0.2, -0.15) is 0 Å². The minimum Gasteiger partial charge on any atom is -0.452 e. The second-order valence-electron chi connectivity index (χ2n) is 9.46. The van der Waals surface area contributed by atoms with Crippen molar-refractivity contribution >= 4 is 51.7 Å². The first-order valence-electron chi connectivity index (χ1n) is 11.0. The van der Waals surface area contributed by atoms with Crippen molar-refractivity contribution in [1.82, 2.24) is 4.98 Å². The largest absolute Gasteiger partial charge is 0.452 e. The number of aryl methyl sites for hydroxylation is 1. The van der Waals surface area contributed by atoms with E-state index in [-0.39, 0.29) is 5.41 Å². The van der Waals surface area contributed by atoms with Gasteiger partial charge in [-0.05, 0) is 54.4 Å². The molecular formula is C26H26Cl2N2O3. The Hall–Kier alpha value is -2.63. The lowest BCUT2D eigenvalue weighted by molar-refractivity contribution is -0.119. The van der Waals surface area contributed by atoms with Crippen LogP contribution in [0.4, 0.5) is 5.69 Å². The van der Waals surface area contributed by atoms with Crippen molar-refractivity contribution in [2.24, 2.45) is 11.3 Å². The summed E-state index contributed by atoms with van der Waals surface area (Å²) < 4.78 is 5.47. The number of ether oxygens (including phenoxy) is 1. The standard InChI is InChI=1S/C26H26Cl2N2O3/c1-26(2,3)15-11-12-21-17(13-15)23(16-7-4-5-10-20(16)29-21)25(32)33-14-22(31)30-24-18(27)8-6-9-19(24)28/h4-10,15H,11-14H2,1-3H3,(H,30,31). The maximum absolute atomic E-state index is 13.3. The van der Waals surface area contributed by atoms with Gasteiger partial charge in [-0.25, -0.2) is 4.79 Å². The van der Waals surface area contributed by atoms with Gasteiger partial charge in [0.1, 0.15) is 0 Å². The van der Waals surface area contributed by atoms with E-state index in [1.54, 1.807) is 18.2 Å². The smallest absolute Gasteiger partial charge is 0.339 e. The molecule has 172 valence electrons. The van der Waals surface area contributed by atoms with Gasteiger partial charge in [-0.3, -0.25) is 9.78 Å². The quantitative estimate of drug-likeness (QED) is 0.429. The summed E-state index contributed by atoms with van der Waals surface area (Å²) in [5.74, 6) is -0.622. The Morgan fingerprint density at radius 2 is 1.79 bits per heavy atom. The molecular weight excluding hydrogens is 459 g/mol. The van der Waals surface area contributed by atoms with Gasteiger partial charge in [0.15, 0.2) is 6.61 Å².